The summed E-state index contributed by atoms with van der Waals surface area (Å²) in [6.07, 6.45) is 1.05. The Bertz CT molecular complexity index is 911. The van der Waals surface area contributed by atoms with Crippen LogP contribution in [-0.4, -0.2) is 37.2 Å². The van der Waals surface area contributed by atoms with Crippen LogP contribution in [0.3, 0.4) is 0 Å². The monoisotopic (exact) mass is 394 g/mol. The fraction of sp³-hybridized carbons (Fsp3) is 0.222. The smallest absolute Gasteiger partial charge is 0.239 e. The summed E-state index contributed by atoms with van der Waals surface area (Å²) in [5.74, 6) is -0.619. The van der Waals surface area contributed by atoms with Gasteiger partial charge in [0.1, 0.15) is 0 Å². The molecule has 0 aliphatic carbocycles. The topological polar surface area (TPSA) is 83.6 Å². The summed E-state index contributed by atoms with van der Waals surface area (Å²) in [5.41, 5.74) is 1.61. The molecule has 0 radical (unpaired) electrons. The molecule has 0 bridgehead atoms. The maximum Gasteiger partial charge on any atom is 0.239 e. The minimum atomic E-state index is -3.60. The van der Waals surface area contributed by atoms with E-state index in [1.807, 2.05) is 0 Å². The molecule has 1 amide bonds. The predicted molar refractivity (Wildman–Crippen MR) is 102 cm³/mol. The summed E-state index contributed by atoms with van der Waals surface area (Å²) >= 11 is 5.83. The molecule has 26 heavy (non-hydrogen) atoms. The first-order valence-electron chi connectivity index (χ1n) is 7.75. The molecule has 0 spiro atoms. The molecule has 0 aliphatic rings. The molecule has 2 rings (SSSR count). The van der Waals surface area contributed by atoms with Gasteiger partial charge in [-0.05, 0) is 36.8 Å². The lowest BCUT2D eigenvalue weighted by Gasteiger charge is -2.19. The quantitative estimate of drug-likeness (QED) is 0.732. The Morgan fingerprint density at radius 2 is 1.77 bits per heavy atom. The minimum Gasteiger partial charge on any atom is -0.325 e. The van der Waals surface area contributed by atoms with E-state index in [-0.39, 0.29) is 18.9 Å². The third-order valence-corrected chi connectivity index (χ3v) is 5.06. The first kappa shape index (κ1) is 20.1. The van der Waals surface area contributed by atoms with Crippen LogP contribution in [0, 0.1) is 0 Å². The van der Waals surface area contributed by atoms with Gasteiger partial charge in [0, 0.05) is 22.8 Å². The Kier molecular flexibility index (Phi) is 6.52. The Labute approximate surface area is 157 Å². The van der Waals surface area contributed by atoms with Crippen LogP contribution in [0.2, 0.25) is 5.02 Å². The molecular weight excluding hydrogens is 376 g/mol. The highest BCUT2D eigenvalue weighted by atomic mass is 35.5. The summed E-state index contributed by atoms with van der Waals surface area (Å²) < 4.78 is 25.1. The van der Waals surface area contributed by atoms with E-state index in [1.54, 1.807) is 48.5 Å². The van der Waals surface area contributed by atoms with E-state index in [9.17, 15) is 18.0 Å². The number of ketones is 1. The van der Waals surface area contributed by atoms with Crippen LogP contribution in [0.4, 0.5) is 5.69 Å². The molecule has 0 aromatic heterocycles. The lowest BCUT2D eigenvalue weighted by Crippen LogP contribution is -2.36. The number of nitrogens with zero attached hydrogens (tertiary/aromatic N) is 1. The molecule has 138 valence electrons. The number of sulfonamides is 1. The Morgan fingerprint density at radius 1 is 1.12 bits per heavy atom. The Hall–Kier alpha value is -2.22. The second kappa shape index (κ2) is 8.44. The zero-order chi connectivity index (χ0) is 19.3. The number of amides is 1. The maximum absolute atomic E-state index is 12.3. The second-order valence-electron chi connectivity index (χ2n) is 5.84. The molecule has 0 saturated heterocycles. The summed E-state index contributed by atoms with van der Waals surface area (Å²) in [6.45, 7) is 1.14. The molecule has 6 nitrogen and oxygen atoms in total. The van der Waals surface area contributed by atoms with E-state index in [4.69, 9.17) is 11.6 Å². The molecule has 0 heterocycles. The second-order valence-corrected chi connectivity index (χ2v) is 8.26. The molecule has 0 fully saturated rings. The summed E-state index contributed by atoms with van der Waals surface area (Å²) in [5, 5.41) is 3.16. The number of Topliss-reactive ketones (excluding diaryl/α,β-unsaturated/α-hetero) is 1. The van der Waals surface area contributed by atoms with Crippen molar-refractivity contribution in [2.75, 3.05) is 18.1 Å². The van der Waals surface area contributed by atoms with Gasteiger partial charge in [-0.15, -0.1) is 0 Å². The number of anilines is 1. The summed E-state index contributed by atoms with van der Waals surface area (Å²) in [6, 6.07) is 13.2. The van der Waals surface area contributed by atoms with Crippen LogP contribution in [0.5, 0.6) is 0 Å². The lowest BCUT2D eigenvalue weighted by atomic mass is 10.1. The van der Waals surface area contributed by atoms with Gasteiger partial charge >= 0.3 is 0 Å². The van der Waals surface area contributed by atoms with Crippen molar-refractivity contribution in [3.8, 4) is 0 Å². The largest absolute Gasteiger partial charge is 0.325 e. The number of rotatable bonds is 7. The molecule has 0 unspecified atom stereocenters. The first-order chi connectivity index (χ1) is 12.1. The van der Waals surface area contributed by atoms with Crippen molar-refractivity contribution in [3.63, 3.8) is 0 Å². The molecular formula is C18H19ClN2O4S. The molecule has 1 N–H and O–H groups in total. The first-order valence-corrected chi connectivity index (χ1v) is 9.98. The normalized spacial score (nSPS) is 11.4. The highest BCUT2D eigenvalue weighted by molar-refractivity contribution is 7.88. The fourth-order valence-electron chi connectivity index (χ4n) is 2.26. The van der Waals surface area contributed by atoms with E-state index >= 15 is 0 Å². The number of nitrogens with one attached hydrogen (secondary N) is 1. The van der Waals surface area contributed by atoms with Gasteiger partial charge in [-0.2, -0.15) is 4.31 Å². The zero-order valence-corrected chi connectivity index (χ0v) is 16.0. The molecule has 8 heteroatoms. The van der Waals surface area contributed by atoms with Crippen molar-refractivity contribution in [3.05, 3.63) is 64.7 Å². The average Bonchev–Trinajstić information content (AvgIpc) is 2.55. The van der Waals surface area contributed by atoms with Crippen LogP contribution in [0.25, 0.3) is 0 Å². The Morgan fingerprint density at radius 3 is 2.35 bits per heavy atom. The van der Waals surface area contributed by atoms with Gasteiger partial charge in [0.15, 0.2) is 5.78 Å². The fourth-order valence-corrected chi connectivity index (χ4v) is 3.12. The van der Waals surface area contributed by atoms with Crippen molar-refractivity contribution in [2.45, 2.75) is 13.5 Å². The van der Waals surface area contributed by atoms with E-state index in [0.717, 1.165) is 10.6 Å². The number of halogens is 1. The zero-order valence-electron chi connectivity index (χ0n) is 14.4. The van der Waals surface area contributed by atoms with Crippen molar-refractivity contribution in [1.82, 2.24) is 4.31 Å². The van der Waals surface area contributed by atoms with E-state index in [2.05, 4.69) is 5.32 Å². The van der Waals surface area contributed by atoms with Crippen LogP contribution in [-0.2, 0) is 21.4 Å². The van der Waals surface area contributed by atoms with Crippen LogP contribution < -0.4 is 5.32 Å². The Balaban J connectivity index is 2.10. The van der Waals surface area contributed by atoms with Gasteiger partial charge in [-0.3, -0.25) is 9.59 Å². The third kappa shape index (κ3) is 5.94. The highest BCUT2D eigenvalue weighted by Crippen LogP contribution is 2.14. The summed E-state index contributed by atoms with van der Waals surface area (Å²) in [7, 11) is -3.60. The lowest BCUT2D eigenvalue weighted by molar-refractivity contribution is -0.116. The number of carbonyl (C=O) groups is 2. The number of carbonyl (C=O) groups excluding carboxylic acids is 2. The molecule has 2 aromatic carbocycles. The van der Waals surface area contributed by atoms with E-state index < -0.39 is 15.9 Å². The maximum atomic E-state index is 12.3. The number of hydrogen-bond acceptors (Lipinski definition) is 4. The van der Waals surface area contributed by atoms with Crippen molar-refractivity contribution in [1.29, 1.82) is 0 Å². The van der Waals surface area contributed by atoms with Gasteiger partial charge in [0.05, 0.1) is 12.8 Å². The SMILES string of the molecule is CC(=O)c1cccc(NC(=O)CN(Cc2ccc(Cl)cc2)S(C)(=O)=O)c1. The van der Waals surface area contributed by atoms with Gasteiger partial charge in [0.25, 0.3) is 0 Å². The van der Waals surface area contributed by atoms with Crippen molar-refractivity contribution in [2.24, 2.45) is 0 Å². The van der Waals surface area contributed by atoms with E-state index in [0.29, 0.717) is 21.8 Å². The average molecular weight is 395 g/mol. The third-order valence-electron chi connectivity index (χ3n) is 3.61. The van der Waals surface area contributed by atoms with Crippen LogP contribution in [0.1, 0.15) is 22.8 Å². The van der Waals surface area contributed by atoms with Crippen molar-refractivity contribution >= 4 is 39.0 Å². The minimum absolute atomic E-state index is 0.0525. The molecule has 2 aromatic rings. The van der Waals surface area contributed by atoms with Crippen LogP contribution in [0.15, 0.2) is 48.5 Å². The van der Waals surface area contributed by atoms with Gasteiger partial charge < -0.3 is 5.32 Å². The van der Waals surface area contributed by atoms with Crippen molar-refractivity contribution < 1.29 is 18.0 Å². The number of benzene rings is 2. The van der Waals surface area contributed by atoms with E-state index in [1.165, 1.54) is 6.92 Å². The van der Waals surface area contributed by atoms with Gasteiger partial charge in [0.2, 0.25) is 15.9 Å². The molecule has 0 aliphatic heterocycles. The van der Waals surface area contributed by atoms with Gasteiger partial charge in [-0.1, -0.05) is 35.9 Å². The van der Waals surface area contributed by atoms with Crippen LogP contribution >= 0.6 is 11.6 Å². The van der Waals surface area contributed by atoms with Gasteiger partial charge in [-0.25, -0.2) is 8.42 Å². The standard InChI is InChI=1S/C18H19ClN2O4S/c1-13(22)15-4-3-5-17(10-15)20-18(23)12-21(26(2,24)25)11-14-6-8-16(19)9-7-14/h3-10H,11-12H2,1-2H3,(H,20,23). The summed E-state index contributed by atoms with van der Waals surface area (Å²) in [4.78, 5) is 23.7. The number of hydrogen-bond donors (Lipinski definition) is 1. The predicted octanol–water partition coefficient (Wildman–Crippen LogP) is 2.94. The molecule has 0 atom stereocenters. The highest BCUT2D eigenvalue weighted by Gasteiger charge is 2.20. The molecule has 0 saturated carbocycles.